The summed E-state index contributed by atoms with van der Waals surface area (Å²) in [5.74, 6) is 0.0467. The van der Waals surface area contributed by atoms with E-state index in [1.165, 1.54) is 6.42 Å². The van der Waals surface area contributed by atoms with Gasteiger partial charge in [0.1, 0.15) is 5.69 Å². The lowest BCUT2D eigenvalue weighted by Gasteiger charge is -2.38. The Morgan fingerprint density at radius 2 is 2.11 bits per heavy atom. The highest BCUT2D eigenvalue weighted by Gasteiger charge is 2.30. The second-order valence-corrected chi connectivity index (χ2v) is 5.13. The van der Waals surface area contributed by atoms with Gasteiger partial charge in [-0.15, -0.1) is 0 Å². The van der Waals surface area contributed by atoms with Gasteiger partial charge in [0, 0.05) is 31.4 Å². The minimum atomic E-state index is 0.0467. The number of imidazole rings is 1. The minimum absolute atomic E-state index is 0.0467. The molecular formula is C13H22N4O. The predicted molar refractivity (Wildman–Crippen MR) is 70.2 cm³/mol. The average Bonchev–Trinajstić information content (AvgIpc) is 2.78. The molecule has 1 aromatic rings. The number of hydrogen-bond donors (Lipinski definition) is 1. The van der Waals surface area contributed by atoms with E-state index in [2.05, 4.69) is 18.8 Å². The molecule has 18 heavy (non-hydrogen) atoms. The Morgan fingerprint density at radius 3 is 2.72 bits per heavy atom. The lowest BCUT2D eigenvalue weighted by molar-refractivity contribution is 0.0505. The van der Waals surface area contributed by atoms with Gasteiger partial charge in [0.05, 0.1) is 6.33 Å². The van der Waals surface area contributed by atoms with Gasteiger partial charge in [0.15, 0.2) is 0 Å². The van der Waals surface area contributed by atoms with E-state index in [0.29, 0.717) is 30.9 Å². The van der Waals surface area contributed by atoms with Crippen molar-refractivity contribution < 1.29 is 4.79 Å². The lowest BCUT2D eigenvalue weighted by Crippen LogP contribution is -2.47. The highest BCUT2D eigenvalue weighted by molar-refractivity contribution is 5.92. The normalized spacial score (nSPS) is 24.3. The number of nitrogens with two attached hydrogens (primary N) is 1. The van der Waals surface area contributed by atoms with Crippen LogP contribution in [0.25, 0.3) is 0 Å². The molecule has 0 spiro atoms. The standard InChI is InChI=1S/C13H22N4O/c1-10-4-3-5-11(2)17(10)13(18)12-8-16(7-6-14)9-15-12/h8-11H,3-7,14H2,1-2H3/t10-,11+. The lowest BCUT2D eigenvalue weighted by atomic mass is 9.97. The number of amides is 1. The van der Waals surface area contributed by atoms with Crippen LogP contribution in [0.3, 0.4) is 0 Å². The first-order chi connectivity index (χ1) is 8.63. The Morgan fingerprint density at radius 1 is 1.44 bits per heavy atom. The molecule has 0 aromatic carbocycles. The Hall–Kier alpha value is -1.36. The molecule has 5 nitrogen and oxygen atoms in total. The molecule has 0 radical (unpaired) electrons. The molecular weight excluding hydrogens is 228 g/mol. The first-order valence-corrected chi connectivity index (χ1v) is 6.68. The minimum Gasteiger partial charge on any atom is -0.335 e. The van der Waals surface area contributed by atoms with Crippen LogP contribution in [0.4, 0.5) is 0 Å². The van der Waals surface area contributed by atoms with Gasteiger partial charge in [0.2, 0.25) is 0 Å². The van der Waals surface area contributed by atoms with E-state index >= 15 is 0 Å². The summed E-state index contributed by atoms with van der Waals surface area (Å²) in [5, 5.41) is 0. The molecule has 0 saturated carbocycles. The van der Waals surface area contributed by atoms with Crippen LogP contribution in [-0.4, -0.2) is 39.0 Å². The van der Waals surface area contributed by atoms with Crippen LogP contribution in [-0.2, 0) is 6.54 Å². The van der Waals surface area contributed by atoms with Crippen molar-refractivity contribution in [3.63, 3.8) is 0 Å². The topological polar surface area (TPSA) is 64.2 Å². The zero-order valence-corrected chi connectivity index (χ0v) is 11.2. The molecule has 100 valence electrons. The third-order valence-corrected chi connectivity index (χ3v) is 3.67. The number of hydrogen-bond acceptors (Lipinski definition) is 3. The molecule has 1 aromatic heterocycles. The molecule has 0 bridgehead atoms. The summed E-state index contributed by atoms with van der Waals surface area (Å²) in [6, 6.07) is 0.613. The Balaban J connectivity index is 2.13. The van der Waals surface area contributed by atoms with Gasteiger partial charge >= 0.3 is 0 Å². The number of carbonyl (C=O) groups is 1. The first kappa shape index (κ1) is 13.1. The summed E-state index contributed by atoms with van der Waals surface area (Å²) in [6.45, 7) is 5.49. The van der Waals surface area contributed by atoms with Gasteiger partial charge in [-0.2, -0.15) is 0 Å². The molecule has 1 amide bonds. The fourth-order valence-corrected chi connectivity index (χ4v) is 2.70. The molecule has 0 unspecified atom stereocenters. The predicted octanol–water partition coefficient (Wildman–Crippen LogP) is 1.24. The van der Waals surface area contributed by atoms with Crippen molar-refractivity contribution in [2.45, 2.75) is 51.7 Å². The van der Waals surface area contributed by atoms with Gasteiger partial charge in [-0.3, -0.25) is 4.79 Å². The van der Waals surface area contributed by atoms with E-state index in [1.54, 1.807) is 12.5 Å². The number of piperidine rings is 1. The van der Waals surface area contributed by atoms with Gasteiger partial charge in [-0.1, -0.05) is 0 Å². The number of nitrogens with zero attached hydrogens (tertiary/aromatic N) is 3. The molecule has 0 aliphatic carbocycles. The van der Waals surface area contributed by atoms with Crippen molar-refractivity contribution in [3.8, 4) is 0 Å². The molecule has 2 rings (SSSR count). The Bertz CT molecular complexity index is 405. The third kappa shape index (κ3) is 2.56. The fraction of sp³-hybridized carbons (Fsp3) is 0.692. The number of rotatable bonds is 3. The fourth-order valence-electron chi connectivity index (χ4n) is 2.70. The highest BCUT2D eigenvalue weighted by atomic mass is 16.2. The van der Waals surface area contributed by atoms with Crippen LogP contribution < -0.4 is 5.73 Å². The first-order valence-electron chi connectivity index (χ1n) is 6.68. The van der Waals surface area contributed by atoms with Crippen molar-refractivity contribution in [2.75, 3.05) is 6.54 Å². The van der Waals surface area contributed by atoms with E-state index < -0.39 is 0 Å². The molecule has 5 heteroatoms. The van der Waals surface area contributed by atoms with E-state index in [9.17, 15) is 4.79 Å². The largest absolute Gasteiger partial charge is 0.335 e. The van der Waals surface area contributed by atoms with Gasteiger partial charge in [-0.05, 0) is 33.1 Å². The Kier molecular flexibility index (Phi) is 4.01. The van der Waals surface area contributed by atoms with Gasteiger partial charge in [0.25, 0.3) is 5.91 Å². The monoisotopic (exact) mass is 250 g/mol. The highest BCUT2D eigenvalue weighted by Crippen LogP contribution is 2.24. The number of carbonyl (C=O) groups excluding carboxylic acids is 1. The number of likely N-dealkylation sites (tertiary alicyclic amines) is 1. The van der Waals surface area contributed by atoms with Gasteiger partial charge < -0.3 is 15.2 Å². The zero-order valence-electron chi connectivity index (χ0n) is 11.2. The van der Waals surface area contributed by atoms with E-state index in [1.807, 2.05) is 9.47 Å². The van der Waals surface area contributed by atoms with Crippen LogP contribution >= 0.6 is 0 Å². The summed E-state index contributed by atoms with van der Waals surface area (Å²) in [6.07, 6.45) is 6.84. The van der Waals surface area contributed by atoms with Crippen LogP contribution in [0.2, 0.25) is 0 Å². The van der Waals surface area contributed by atoms with E-state index in [4.69, 9.17) is 5.73 Å². The molecule has 1 fully saturated rings. The number of aromatic nitrogens is 2. The summed E-state index contributed by atoms with van der Waals surface area (Å²) < 4.78 is 1.87. The maximum Gasteiger partial charge on any atom is 0.274 e. The van der Waals surface area contributed by atoms with Crippen LogP contribution in [0.5, 0.6) is 0 Å². The molecule has 2 N–H and O–H groups in total. The molecule has 2 heterocycles. The quantitative estimate of drug-likeness (QED) is 0.878. The smallest absolute Gasteiger partial charge is 0.274 e. The average molecular weight is 250 g/mol. The van der Waals surface area contributed by atoms with Crippen molar-refractivity contribution >= 4 is 5.91 Å². The molecule has 1 aliphatic rings. The van der Waals surface area contributed by atoms with Crippen LogP contribution in [0.15, 0.2) is 12.5 Å². The Labute approximate surface area is 108 Å². The summed E-state index contributed by atoms with van der Waals surface area (Å²) >= 11 is 0. The summed E-state index contributed by atoms with van der Waals surface area (Å²) in [4.78, 5) is 18.6. The van der Waals surface area contributed by atoms with Crippen molar-refractivity contribution in [2.24, 2.45) is 5.73 Å². The van der Waals surface area contributed by atoms with E-state index in [-0.39, 0.29) is 5.91 Å². The summed E-state index contributed by atoms with van der Waals surface area (Å²) in [7, 11) is 0. The molecule has 1 aliphatic heterocycles. The molecule has 1 saturated heterocycles. The van der Waals surface area contributed by atoms with E-state index in [0.717, 1.165) is 12.8 Å². The third-order valence-electron chi connectivity index (χ3n) is 3.67. The van der Waals surface area contributed by atoms with Crippen molar-refractivity contribution in [3.05, 3.63) is 18.2 Å². The second-order valence-electron chi connectivity index (χ2n) is 5.13. The zero-order chi connectivity index (χ0) is 13.1. The molecule has 2 atom stereocenters. The maximum absolute atomic E-state index is 12.5. The SMILES string of the molecule is C[C@@H]1CCC[C@H](C)N1C(=O)c1cn(CCN)cn1. The van der Waals surface area contributed by atoms with Gasteiger partial charge in [-0.25, -0.2) is 4.98 Å². The maximum atomic E-state index is 12.5. The van der Waals surface area contributed by atoms with Crippen molar-refractivity contribution in [1.82, 2.24) is 14.5 Å². The van der Waals surface area contributed by atoms with Crippen LogP contribution in [0.1, 0.15) is 43.6 Å². The second kappa shape index (κ2) is 5.52. The van der Waals surface area contributed by atoms with Crippen molar-refractivity contribution in [1.29, 1.82) is 0 Å². The van der Waals surface area contributed by atoms with Crippen LogP contribution in [0, 0.1) is 0 Å². The summed E-state index contributed by atoms with van der Waals surface area (Å²) in [5.41, 5.74) is 6.02.